The van der Waals surface area contributed by atoms with E-state index >= 15 is 0 Å². The van der Waals surface area contributed by atoms with Crippen LogP contribution in [-0.4, -0.2) is 11.6 Å². The quantitative estimate of drug-likeness (QED) is 0.514. The fourth-order valence-electron chi connectivity index (χ4n) is 1.94. The van der Waals surface area contributed by atoms with E-state index in [1.807, 2.05) is 19.1 Å². The van der Waals surface area contributed by atoms with Crippen molar-refractivity contribution in [3.63, 3.8) is 0 Å². The maximum atomic E-state index is 12.0. The van der Waals surface area contributed by atoms with Crippen LogP contribution in [0, 0.1) is 0 Å². The Morgan fingerprint density at radius 2 is 1.81 bits per heavy atom. The van der Waals surface area contributed by atoms with Gasteiger partial charge in [0.25, 0.3) is 5.91 Å². The van der Waals surface area contributed by atoms with Gasteiger partial charge in [0.15, 0.2) is 0 Å². The van der Waals surface area contributed by atoms with Gasteiger partial charge in [0.1, 0.15) is 0 Å². The molecule has 2 rings (SSSR count). The summed E-state index contributed by atoms with van der Waals surface area (Å²) in [6, 6.07) is 15.0. The van der Waals surface area contributed by atoms with Gasteiger partial charge in [-0.25, -0.2) is 5.43 Å². The summed E-state index contributed by atoms with van der Waals surface area (Å²) in [5.74, 6) is -0.308. The average molecular weight is 281 g/mol. The lowest BCUT2D eigenvalue weighted by molar-refractivity contribution is 0.0955. The van der Waals surface area contributed by atoms with Crippen LogP contribution in [0.15, 0.2) is 53.6 Å². The van der Waals surface area contributed by atoms with Gasteiger partial charge in [0, 0.05) is 5.69 Å². The first-order valence-electron chi connectivity index (χ1n) is 6.90. The van der Waals surface area contributed by atoms with Crippen molar-refractivity contribution in [1.29, 1.82) is 0 Å². The van der Waals surface area contributed by atoms with Crippen molar-refractivity contribution >= 4 is 17.3 Å². The fraction of sp³-hybridized carbons (Fsp3) is 0.176. The van der Waals surface area contributed by atoms with Crippen molar-refractivity contribution < 1.29 is 4.79 Å². The highest BCUT2D eigenvalue weighted by molar-refractivity contribution is 6.02. The molecule has 0 aliphatic rings. The number of carbonyl (C=O) groups is 1. The summed E-state index contributed by atoms with van der Waals surface area (Å²) in [6.45, 7) is 3.97. The predicted molar refractivity (Wildman–Crippen MR) is 86.4 cm³/mol. The van der Waals surface area contributed by atoms with Gasteiger partial charge in [-0.2, -0.15) is 5.10 Å². The highest BCUT2D eigenvalue weighted by Gasteiger charge is 2.07. The third-order valence-corrected chi connectivity index (χ3v) is 3.31. The smallest absolute Gasteiger partial charge is 0.273 e. The summed E-state index contributed by atoms with van der Waals surface area (Å²) in [5.41, 5.74) is 12.2. The predicted octanol–water partition coefficient (Wildman–Crippen LogP) is 2.99. The maximum Gasteiger partial charge on any atom is 0.273 e. The van der Waals surface area contributed by atoms with Crippen molar-refractivity contribution in [3.05, 3.63) is 65.2 Å². The number of anilines is 1. The molecule has 0 radical (unpaired) electrons. The highest BCUT2D eigenvalue weighted by atomic mass is 16.2. The summed E-state index contributed by atoms with van der Waals surface area (Å²) < 4.78 is 0. The highest BCUT2D eigenvalue weighted by Crippen LogP contribution is 2.10. The number of carbonyl (C=O) groups excluding carboxylic acids is 1. The van der Waals surface area contributed by atoms with Gasteiger partial charge in [-0.15, -0.1) is 0 Å². The largest absolute Gasteiger partial charge is 0.398 e. The number of para-hydroxylation sites is 1. The molecule has 0 fully saturated rings. The zero-order valence-electron chi connectivity index (χ0n) is 12.3. The van der Waals surface area contributed by atoms with E-state index in [0.717, 1.165) is 17.7 Å². The van der Waals surface area contributed by atoms with Crippen LogP contribution in [0.1, 0.15) is 35.3 Å². The molecule has 0 aliphatic carbocycles. The normalized spacial score (nSPS) is 11.2. The lowest BCUT2D eigenvalue weighted by atomic mass is 10.1. The molecule has 0 saturated heterocycles. The van der Waals surface area contributed by atoms with Gasteiger partial charge >= 0.3 is 0 Å². The van der Waals surface area contributed by atoms with Gasteiger partial charge in [0.2, 0.25) is 0 Å². The van der Waals surface area contributed by atoms with Crippen LogP contribution in [-0.2, 0) is 6.42 Å². The molecule has 21 heavy (non-hydrogen) atoms. The molecule has 4 nitrogen and oxygen atoms in total. The van der Waals surface area contributed by atoms with Crippen LogP contribution in [0.3, 0.4) is 0 Å². The van der Waals surface area contributed by atoms with Gasteiger partial charge < -0.3 is 5.73 Å². The molecule has 0 saturated carbocycles. The summed E-state index contributed by atoms with van der Waals surface area (Å²) in [7, 11) is 0. The lowest BCUT2D eigenvalue weighted by Gasteiger charge is -2.05. The number of hydrazone groups is 1. The maximum absolute atomic E-state index is 12.0. The average Bonchev–Trinajstić information content (AvgIpc) is 2.52. The number of rotatable bonds is 4. The molecule has 0 atom stereocenters. The van der Waals surface area contributed by atoms with E-state index in [1.54, 1.807) is 24.3 Å². The number of nitrogens with zero attached hydrogens (tertiary/aromatic N) is 1. The zero-order chi connectivity index (χ0) is 15.2. The van der Waals surface area contributed by atoms with Crippen molar-refractivity contribution in [2.75, 3.05) is 5.73 Å². The molecule has 0 aromatic heterocycles. The van der Waals surface area contributed by atoms with Gasteiger partial charge in [0.05, 0.1) is 11.3 Å². The molecule has 0 heterocycles. The molecule has 2 aromatic carbocycles. The Kier molecular flexibility index (Phi) is 4.72. The molecule has 108 valence electrons. The number of hydrogen-bond acceptors (Lipinski definition) is 3. The lowest BCUT2D eigenvalue weighted by Crippen LogP contribution is -2.20. The minimum atomic E-state index is -0.308. The summed E-state index contributed by atoms with van der Waals surface area (Å²) >= 11 is 0. The van der Waals surface area contributed by atoms with E-state index in [-0.39, 0.29) is 5.91 Å². The molecule has 0 bridgehead atoms. The molecular weight excluding hydrogens is 262 g/mol. The van der Waals surface area contributed by atoms with Crippen LogP contribution in [0.2, 0.25) is 0 Å². The number of amides is 1. The van der Waals surface area contributed by atoms with Crippen LogP contribution in [0.5, 0.6) is 0 Å². The van der Waals surface area contributed by atoms with Gasteiger partial charge in [-0.3, -0.25) is 4.79 Å². The van der Waals surface area contributed by atoms with E-state index in [1.165, 1.54) is 5.56 Å². The monoisotopic (exact) mass is 281 g/mol. The summed E-state index contributed by atoms with van der Waals surface area (Å²) in [4.78, 5) is 12.0. The molecule has 0 unspecified atom stereocenters. The summed E-state index contributed by atoms with van der Waals surface area (Å²) in [5, 5.41) is 4.13. The van der Waals surface area contributed by atoms with Crippen LogP contribution in [0.4, 0.5) is 5.69 Å². The first-order valence-corrected chi connectivity index (χ1v) is 6.90. The zero-order valence-corrected chi connectivity index (χ0v) is 12.3. The minimum absolute atomic E-state index is 0.308. The van der Waals surface area contributed by atoms with Crippen LogP contribution < -0.4 is 11.2 Å². The van der Waals surface area contributed by atoms with E-state index in [9.17, 15) is 4.79 Å². The topological polar surface area (TPSA) is 67.5 Å². The number of nitrogen functional groups attached to an aromatic ring is 1. The molecule has 0 aliphatic heterocycles. The second-order valence-electron chi connectivity index (χ2n) is 4.78. The van der Waals surface area contributed by atoms with Crippen LogP contribution >= 0.6 is 0 Å². The molecule has 4 heteroatoms. The fourth-order valence-corrected chi connectivity index (χ4v) is 1.94. The second-order valence-corrected chi connectivity index (χ2v) is 4.78. The van der Waals surface area contributed by atoms with E-state index < -0.39 is 0 Å². The number of nitrogens with two attached hydrogens (primary N) is 1. The Balaban J connectivity index is 2.09. The van der Waals surface area contributed by atoms with Crippen molar-refractivity contribution in [3.8, 4) is 0 Å². The Bertz CT molecular complexity index is 660. The first-order chi connectivity index (χ1) is 10.1. The van der Waals surface area contributed by atoms with Crippen molar-refractivity contribution in [2.24, 2.45) is 5.10 Å². The molecule has 1 amide bonds. The van der Waals surface area contributed by atoms with Gasteiger partial charge in [-0.1, -0.05) is 43.3 Å². The van der Waals surface area contributed by atoms with Crippen molar-refractivity contribution in [2.45, 2.75) is 20.3 Å². The Hall–Kier alpha value is -2.62. The Labute approximate surface area is 124 Å². The number of hydrogen-bond donors (Lipinski definition) is 2. The molecule has 2 aromatic rings. The number of aryl methyl sites for hydroxylation is 1. The Morgan fingerprint density at radius 3 is 2.43 bits per heavy atom. The second kappa shape index (κ2) is 6.70. The standard InChI is InChI=1S/C17H19N3O/c1-3-13-8-10-14(11-9-13)12(2)19-20-17(21)15-6-4-5-7-16(15)18/h4-11H,3,18H2,1-2H3,(H,20,21)/b19-12-. The molecular formula is C17H19N3O. The number of benzene rings is 2. The first kappa shape index (κ1) is 14.8. The van der Waals surface area contributed by atoms with Gasteiger partial charge in [-0.05, 0) is 36.6 Å². The SMILES string of the molecule is CCc1ccc(/C(C)=N\NC(=O)c2ccccc2N)cc1. The third kappa shape index (κ3) is 3.69. The molecule has 0 spiro atoms. The van der Waals surface area contributed by atoms with Crippen LogP contribution in [0.25, 0.3) is 0 Å². The van der Waals surface area contributed by atoms with E-state index in [0.29, 0.717) is 11.3 Å². The minimum Gasteiger partial charge on any atom is -0.398 e. The van der Waals surface area contributed by atoms with E-state index in [4.69, 9.17) is 5.73 Å². The van der Waals surface area contributed by atoms with E-state index in [2.05, 4.69) is 29.6 Å². The van der Waals surface area contributed by atoms with Crippen molar-refractivity contribution in [1.82, 2.24) is 5.43 Å². The Morgan fingerprint density at radius 1 is 1.14 bits per heavy atom. The summed E-state index contributed by atoms with van der Waals surface area (Å²) in [6.07, 6.45) is 1.00. The third-order valence-electron chi connectivity index (χ3n) is 3.31. The molecule has 3 N–H and O–H groups in total. The number of nitrogens with one attached hydrogen (secondary N) is 1.